The summed E-state index contributed by atoms with van der Waals surface area (Å²) < 4.78 is 44.0. The van der Waals surface area contributed by atoms with Gasteiger partial charge in [0.2, 0.25) is 11.5 Å². The Morgan fingerprint density at radius 1 is 1.12 bits per heavy atom. The summed E-state index contributed by atoms with van der Waals surface area (Å²) in [5.41, 5.74) is 0.697. The highest BCUT2D eigenvalue weighted by atomic mass is 19.2. The van der Waals surface area contributed by atoms with Gasteiger partial charge in [0.25, 0.3) is 0 Å². The van der Waals surface area contributed by atoms with Gasteiger partial charge in [-0.25, -0.2) is 18.4 Å². The maximum absolute atomic E-state index is 14.6. The standard InChI is InChI=1S/C16H14F3N3O2.C2H6/c1-7-4-5-10(9(17)6-7)22-15-12(19)11(18)13(21-24-3)8(2)14(15)20-16(22)23;1-2/h4-6,21H,1-3H3,(H,20,23);1-2H3/p+1. The van der Waals surface area contributed by atoms with Crippen LogP contribution in [0.15, 0.2) is 23.0 Å². The minimum absolute atomic E-state index is 0.0853. The van der Waals surface area contributed by atoms with Crippen molar-refractivity contribution in [2.75, 3.05) is 7.11 Å². The molecule has 5 nitrogen and oxygen atoms in total. The maximum atomic E-state index is 14.6. The minimum Gasteiger partial charge on any atom is -0.305 e. The number of hydrogen-bond acceptors (Lipinski definition) is 2. The Labute approximate surface area is 148 Å². The Balaban J connectivity index is 0.00000117. The summed E-state index contributed by atoms with van der Waals surface area (Å²) in [5.74, 6) is -3.12. The third-order valence-corrected chi connectivity index (χ3v) is 3.89. The normalized spacial score (nSPS) is 10.8. The van der Waals surface area contributed by atoms with Gasteiger partial charge >= 0.3 is 5.69 Å². The Kier molecular flexibility index (Phi) is 5.89. The van der Waals surface area contributed by atoms with Crippen LogP contribution in [0.4, 0.5) is 18.9 Å². The number of benzene rings is 2. The van der Waals surface area contributed by atoms with Gasteiger partial charge in [-0.1, -0.05) is 19.9 Å². The number of halogens is 3. The molecule has 3 aromatic rings. The molecule has 0 fully saturated rings. The van der Waals surface area contributed by atoms with E-state index in [1.807, 2.05) is 13.8 Å². The highest BCUT2D eigenvalue weighted by molar-refractivity contribution is 5.84. The molecular weight excluding hydrogens is 347 g/mol. The molecule has 0 aliphatic carbocycles. The summed E-state index contributed by atoms with van der Waals surface area (Å²) in [4.78, 5) is 19.5. The van der Waals surface area contributed by atoms with Crippen molar-refractivity contribution < 1.29 is 23.5 Å². The summed E-state index contributed by atoms with van der Waals surface area (Å²) in [6, 6.07) is 4.15. The zero-order valence-electron chi connectivity index (χ0n) is 15.2. The highest BCUT2D eigenvalue weighted by Crippen LogP contribution is 2.29. The van der Waals surface area contributed by atoms with Crippen molar-refractivity contribution in [2.24, 2.45) is 0 Å². The lowest BCUT2D eigenvalue weighted by Gasteiger charge is -2.09. The number of quaternary nitrogens is 1. The van der Waals surface area contributed by atoms with Crippen LogP contribution in [0.2, 0.25) is 0 Å². The first-order chi connectivity index (χ1) is 12.4. The molecule has 3 rings (SSSR count). The number of nitrogens with two attached hydrogens (primary N) is 1. The Morgan fingerprint density at radius 2 is 1.77 bits per heavy atom. The van der Waals surface area contributed by atoms with E-state index in [0.717, 1.165) is 10.0 Å². The Hall–Kier alpha value is -2.58. The maximum Gasteiger partial charge on any atom is 0.331 e. The zero-order valence-corrected chi connectivity index (χ0v) is 15.2. The Bertz CT molecular complexity index is 1010. The van der Waals surface area contributed by atoms with Gasteiger partial charge in [-0.05, 0) is 31.5 Å². The molecule has 0 atom stereocenters. The van der Waals surface area contributed by atoms with Crippen molar-refractivity contribution in [2.45, 2.75) is 27.7 Å². The van der Waals surface area contributed by atoms with E-state index in [1.54, 1.807) is 13.0 Å². The molecule has 1 aromatic heterocycles. The molecule has 0 aliphatic heterocycles. The van der Waals surface area contributed by atoms with E-state index < -0.39 is 23.1 Å². The molecule has 0 saturated heterocycles. The van der Waals surface area contributed by atoms with Crippen LogP contribution in [-0.4, -0.2) is 16.7 Å². The number of hydrogen-bond donors (Lipinski definition) is 2. The quantitative estimate of drug-likeness (QED) is 0.551. The van der Waals surface area contributed by atoms with Crippen LogP contribution >= 0.6 is 0 Å². The topological polar surface area (TPSA) is 63.6 Å². The SMILES string of the molecule is CC.CO[NH2+]c1c(F)c(F)c2c([nH]c(=O)n2-c2ccc(C)cc2F)c1C. The van der Waals surface area contributed by atoms with E-state index in [0.29, 0.717) is 5.56 Å². The molecular formula is C18H21F3N3O2+. The lowest BCUT2D eigenvalue weighted by atomic mass is 10.1. The summed E-state index contributed by atoms with van der Waals surface area (Å²) >= 11 is 0. The van der Waals surface area contributed by atoms with Crippen molar-refractivity contribution >= 4 is 16.7 Å². The second kappa shape index (κ2) is 7.76. The summed E-state index contributed by atoms with van der Waals surface area (Å²) in [6.07, 6.45) is 0. The fourth-order valence-electron chi connectivity index (χ4n) is 2.72. The molecule has 0 saturated carbocycles. The van der Waals surface area contributed by atoms with Crippen molar-refractivity contribution in [1.82, 2.24) is 9.55 Å². The van der Waals surface area contributed by atoms with Gasteiger partial charge in [0.05, 0.1) is 18.3 Å². The fourth-order valence-corrected chi connectivity index (χ4v) is 2.72. The van der Waals surface area contributed by atoms with Gasteiger partial charge in [0.15, 0.2) is 5.82 Å². The van der Waals surface area contributed by atoms with Gasteiger partial charge in [-0.3, -0.25) is 4.57 Å². The fraction of sp³-hybridized carbons (Fsp3) is 0.278. The predicted octanol–water partition coefficient (Wildman–Crippen LogP) is 3.14. The van der Waals surface area contributed by atoms with Gasteiger partial charge in [-0.15, -0.1) is 0 Å². The minimum atomic E-state index is -1.25. The largest absolute Gasteiger partial charge is 0.331 e. The van der Waals surface area contributed by atoms with Gasteiger partial charge in [0.1, 0.15) is 11.3 Å². The number of imidazole rings is 1. The van der Waals surface area contributed by atoms with E-state index in [4.69, 9.17) is 4.84 Å². The second-order valence-corrected chi connectivity index (χ2v) is 5.46. The molecule has 2 aromatic carbocycles. The second-order valence-electron chi connectivity index (χ2n) is 5.46. The van der Waals surface area contributed by atoms with Crippen LogP contribution in [0.1, 0.15) is 25.0 Å². The van der Waals surface area contributed by atoms with Crippen LogP contribution in [0.3, 0.4) is 0 Å². The first-order valence-corrected chi connectivity index (χ1v) is 8.11. The summed E-state index contributed by atoms with van der Waals surface area (Å²) in [7, 11) is 1.30. The molecule has 0 unspecified atom stereocenters. The van der Waals surface area contributed by atoms with Crippen LogP contribution < -0.4 is 11.2 Å². The van der Waals surface area contributed by atoms with Gasteiger partial charge in [0, 0.05) is 5.56 Å². The molecule has 1 heterocycles. The molecule has 3 N–H and O–H groups in total. The van der Waals surface area contributed by atoms with Crippen molar-refractivity contribution in [3.8, 4) is 5.69 Å². The summed E-state index contributed by atoms with van der Waals surface area (Å²) in [5, 5.41) is 0. The number of aromatic nitrogens is 2. The van der Waals surface area contributed by atoms with E-state index >= 15 is 0 Å². The zero-order chi connectivity index (χ0) is 19.6. The molecule has 0 spiro atoms. The van der Waals surface area contributed by atoms with Crippen LogP contribution in [-0.2, 0) is 4.84 Å². The van der Waals surface area contributed by atoms with E-state index in [1.165, 1.54) is 26.2 Å². The van der Waals surface area contributed by atoms with Crippen LogP contribution in [0, 0.1) is 31.3 Å². The molecule has 0 radical (unpaired) electrons. The average Bonchev–Trinajstić information content (AvgIpc) is 2.96. The van der Waals surface area contributed by atoms with E-state index in [9.17, 15) is 18.0 Å². The number of nitrogens with one attached hydrogen (secondary N) is 1. The van der Waals surface area contributed by atoms with Gasteiger partial charge in [-0.2, -0.15) is 9.87 Å². The average molecular weight is 368 g/mol. The molecule has 0 amide bonds. The monoisotopic (exact) mass is 368 g/mol. The van der Waals surface area contributed by atoms with E-state index in [-0.39, 0.29) is 28.0 Å². The Morgan fingerprint density at radius 3 is 2.35 bits per heavy atom. The smallest absolute Gasteiger partial charge is 0.305 e. The number of nitrogens with zero attached hydrogens (tertiary/aromatic N) is 1. The first kappa shape index (κ1) is 19.7. The summed E-state index contributed by atoms with van der Waals surface area (Å²) in [6.45, 7) is 7.20. The lowest BCUT2D eigenvalue weighted by molar-refractivity contribution is -0.831. The first-order valence-electron chi connectivity index (χ1n) is 8.11. The number of rotatable bonds is 3. The molecule has 8 heteroatoms. The third-order valence-electron chi connectivity index (χ3n) is 3.89. The van der Waals surface area contributed by atoms with Gasteiger partial charge < -0.3 is 4.98 Å². The van der Waals surface area contributed by atoms with Crippen LogP contribution in [0.25, 0.3) is 16.7 Å². The molecule has 0 bridgehead atoms. The van der Waals surface area contributed by atoms with Crippen molar-refractivity contribution in [3.63, 3.8) is 0 Å². The molecule has 26 heavy (non-hydrogen) atoms. The van der Waals surface area contributed by atoms with Crippen molar-refractivity contribution in [3.05, 3.63) is 57.3 Å². The molecule has 140 valence electrons. The third kappa shape index (κ3) is 3.13. The lowest BCUT2D eigenvalue weighted by Crippen LogP contribution is -2.76. The van der Waals surface area contributed by atoms with E-state index in [2.05, 4.69) is 4.98 Å². The number of aryl methyl sites for hydroxylation is 2. The number of H-pyrrole nitrogens is 1. The highest BCUT2D eigenvalue weighted by Gasteiger charge is 2.26. The van der Waals surface area contributed by atoms with Crippen LogP contribution in [0.5, 0.6) is 0 Å². The van der Waals surface area contributed by atoms with Crippen molar-refractivity contribution in [1.29, 1.82) is 0 Å². The number of aromatic amines is 1. The molecule has 0 aliphatic rings. The number of fused-ring (bicyclic) bond motifs is 1. The predicted molar refractivity (Wildman–Crippen MR) is 93.2 cm³/mol.